The predicted molar refractivity (Wildman–Crippen MR) is 81.5 cm³/mol. The number of nitrogens with one attached hydrogen (secondary N) is 1. The van der Waals surface area contributed by atoms with Gasteiger partial charge in [0.15, 0.2) is 5.82 Å². The van der Waals surface area contributed by atoms with Crippen LogP contribution in [-0.2, 0) is 0 Å². The SMILES string of the molecule is CCCNc1nc(-c2ccc(F)cc2F)nc2sccc12. The van der Waals surface area contributed by atoms with Gasteiger partial charge < -0.3 is 5.32 Å². The molecule has 0 aliphatic carbocycles. The number of hydrogen-bond acceptors (Lipinski definition) is 4. The average molecular weight is 305 g/mol. The average Bonchev–Trinajstić information content (AvgIpc) is 2.93. The molecule has 3 rings (SSSR count). The molecule has 0 spiro atoms. The summed E-state index contributed by atoms with van der Waals surface area (Å²) in [7, 11) is 0. The normalized spacial score (nSPS) is 11.0. The Bertz CT molecular complexity index is 786. The van der Waals surface area contributed by atoms with Crippen molar-refractivity contribution in [1.29, 1.82) is 0 Å². The Morgan fingerprint density at radius 2 is 2.05 bits per heavy atom. The molecule has 1 aromatic carbocycles. The maximum Gasteiger partial charge on any atom is 0.166 e. The molecule has 108 valence electrons. The lowest BCUT2D eigenvalue weighted by atomic mass is 10.2. The summed E-state index contributed by atoms with van der Waals surface area (Å²) in [5.41, 5.74) is 0.200. The van der Waals surface area contributed by atoms with Gasteiger partial charge in [-0.3, -0.25) is 0 Å². The van der Waals surface area contributed by atoms with Crippen molar-refractivity contribution >= 4 is 27.4 Å². The van der Waals surface area contributed by atoms with E-state index in [0.717, 1.165) is 29.2 Å². The third-order valence-corrected chi connectivity index (χ3v) is 3.85. The lowest BCUT2D eigenvalue weighted by molar-refractivity contribution is 0.585. The second kappa shape index (κ2) is 5.73. The zero-order valence-corrected chi connectivity index (χ0v) is 12.2. The van der Waals surface area contributed by atoms with Crippen molar-refractivity contribution in [2.24, 2.45) is 0 Å². The summed E-state index contributed by atoms with van der Waals surface area (Å²) in [6.07, 6.45) is 0.954. The lowest BCUT2D eigenvalue weighted by Gasteiger charge is -2.08. The van der Waals surface area contributed by atoms with Crippen molar-refractivity contribution < 1.29 is 8.78 Å². The van der Waals surface area contributed by atoms with Crippen LogP contribution in [0.1, 0.15) is 13.3 Å². The molecule has 6 heteroatoms. The Labute approximate surface area is 124 Å². The maximum atomic E-state index is 13.9. The molecule has 3 aromatic rings. The van der Waals surface area contributed by atoms with E-state index in [-0.39, 0.29) is 11.4 Å². The van der Waals surface area contributed by atoms with Gasteiger partial charge in [-0.15, -0.1) is 11.3 Å². The highest BCUT2D eigenvalue weighted by Gasteiger charge is 2.13. The fourth-order valence-corrected chi connectivity index (χ4v) is 2.79. The quantitative estimate of drug-likeness (QED) is 0.773. The van der Waals surface area contributed by atoms with Gasteiger partial charge in [-0.1, -0.05) is 6.92 Å². The summed E-state index contributed by atoms with van der Waals surface area (Å²) in [5.74, 6) is -0.326. The molecule has 0 atom stereocenters. The van der Waals surface area contributed by atoms with Gasteiger partial charge in [0, 0.05) is 12.6 Å². The topological polar surface area (TPSA) is 37.8 Å². The van der Waals surface area contributed by atoms with Gasteiger partial charge in [-0.05, 0) is 30.0 Å². The number of nitrogens with zero attached hydrogens (tertiary/aromatic N) is 2. The number of hydrogen-bond donors (Lipinski definition) is 1. The van der Waals surface area contributed by atoms with Crippen molar-refractivity contribution in [1.82, 2.24) is 9.97 Å². The lowest BCUT2D eigenvalue weighted by Crippen LogP contribution is -2.04. The van der Waals surface area contributed by atoms with E-state index in [1.807, 2.05) is 11.4 Å². The van der Waals surface area contributed by atoms with Crippen LogP contribution in [0.15, 0.2) is 29.6 Å². The van der Waals surface area contributed by atoms with Crippen LogP contribution in [0.25, 0.3) is 21.6 Å². The van der Waals surface area contributed by atoms with Crippen LogP contribution < -0.4 is 5.32 Å². The standard InChI is InChI=1S/C15H13F2N3S/c1-2-6-18-13-11-5-7-21-15(11)20-14(19-13)10-4-3-9(16)8-12(10)17/h3-5,7-8H,2,6H2,1H3,(H,18,19,20). The third kappa shape index (κ3) is 2.71. The van der Waals surface area contributed by atoms with Crippen LogP contribution in [0, 0.1) is 11.6 Å². The molecule has 0 bridgehead atoms. The van der Waals surface area contributed by atoms with Gasteiger partial charge in [-0.2, -0.15) is 0 Å². The Kier molecular flexibility index (Phi) is 3.79. The first kappa shape index (κ1) is 13.9. The monoisotopic (exact) mass is 305 g/mol. The Morgan fingerprint density at radius 3 is 2.81 bits per heavy atom. The molecular formula is C15H13F2N3S. The van der Waals surface area contributed by atoms with Crippen molar-refractivity contribution in [3.05, 3.63) is 41.3 Å². The van der Waals surface area contributed by atoms with Crippen LogP contribution in [0.4, 0.5) is 14.6 Å². The molecule has 0 saturated carbocycles. The number of fused-ring (bicyclic) bond motifs is 1. The molecule has 3 nitrogen and oxygen atoms in total. The smallest absolute Gasteiger partial charge is 0.166 e. The van der Waals surface area contributed by atoms with E-state index in [1.54, 1.807) is 0 Å². The third-order valence-electron chi connectivity index (χ3n) is 3.04. The number of thiophene rings is 1. The number of benzene rings is 1. The number of anilines is 1. The zero-order chi connectivity index (χ0) is 14.8. The van der Waals surface area contributed by atoms with Crippen LogP contribution >= 0.6 is 11.3 Å². The minimum atomic E-state index is -0.660. The van der Waals surface area contributed by atoms with Crippen LogP contribution in [0.3, 0.4) is 0 Å². The highest BCUT2D eigenvalue weighted by atomic mass is 32.1. The molecule has 2 heterocycles. The van der Waals surface area contributed by atoms with Crippen LogP contribution in [0.2, 0.25) is 0 Å². The molecular weight excluding hydrogens is 292 g/mol. The van der Waals surface area contributed by atoms with E-state index in [2.05, 4.69) is 22.2 Å². The van der Waals surface area contributed by atoms with Crippen molar-refractivity contribution in [3.63, 3.8) is 0 Å². The van der Waals surface area contributed by atoms with Gasteiger partial charge in [0.1, 0.15) is 22.3 Å². The minimum absolute atomic E-state index is 0.200. The van der Waals surface area contributed by atoms with Crippen molar-refractivity contribution in [3.8, 4) is 11.4 Å². The fraction of sp³-hybridized carbons (Fsp3) is 0.200. The molecule has 0 amide bonds. The second-order valence-corrected chi connectivity index (χ2v) is 5.48. The molecule has 0 aliphatic rings. The summed E-state index contributed by atoms with van der Waals surface area (Å²) in [4.78, 5) is 9.54. The Balaban J connectivity index is 2.13. The van der Waals surface area contributed by atoms with Gasteiger partial charge in [0.05, 0.1) is 10.9 Å². The van der Waals surface area contributed by atoms with Crippen molar-refractivity contribution in [2.75, 3.05) is 11.9 Å². The van der Waals surface area contributed by atoms with E-state index < -0.39 is 11.6 Å². The molecule has 21 heavy (non-hydrogen) atoms. The second-order valence-electron chi connectivity index (χ2n) is 4.59. The molecule has 2 aromatic heterocycles. The number of aromatic nitrogens is 2. The van der Waals surface area contributed by atoms with E-state index in [4.69, 9.17) is 0 Å². The molecule has 0 radical (unpaired) electrons. The number of rotatable bonds is 4. The highest BCUT2D eigenvalue weighted by Crippen LogP contribution is 2.29. The summed E-state index contributed by atoms with van der Waals surface area (Å²) >= 11 is 1.47. The van der Waals surface area contributed by atoms with Gasteiger partial charge in [-0.25, -0.2) is 18.7 Å². The van der Waals surface area contributed by atoms with Gasteiger partial charge >= 0.3 is 0 Å². The van der Waals surface area contributed by atoms with E-state index in [1.165, 1.54) is 23.5 Å². The summed E-state index contributed by atoms with van der Waals surface area (Å²) < 4.78 is 26.9. The molecule has 0 saturated heterocycles. The molecule has 0 unspecified atom stereocenters. The van der Waals surface area contributed by atoms with E-state index in [0.29, 0.717) is 5.82 Å². The van der Waals surface area contributed by atoms with Gasteiger partial charge in [0.25, 0.3) is 0 Å². The first-order valence-electron chi connectivity index (χ1n) is 6.63. The summed E-state index contributed by atoms with van der Waals surface area (Å²) in [5, 5.41) is 6.06. The van der Waals surface area contributed by atoms with E-state index in [9.17, 15) is 8.78 Å². The maximum absolute atomic E-state index is 13.9. The van der Waals surface area contributed by atoms with Crippen molar-refractivity contribution in [2.45, 2.75) is 13.3 Å². The predicted octanol–water partition coefficient (Wildman–Crippen LogP) is 4.46. The minimum Gasteiger partial charge on any atom is -0.369 e. The Morgan fingerprint density at radius 1 is 1.19 bits per heavy atom. The first-order valence-corrected chi connectivity index (χ1v) is 7.51. The zero-order valence-electron chi connectivity index (χ0n) is 11.4. The fourth-order valence-electron chi connectivity index (χ4n) is 2.02. The Hall–Kier alpha value is -2.08. The first-order chi connectivity index (χ1) is 10.2. The molecule has 1 N–H and O–H groups in total. The number of halogens is 2. The highest BCUT2D eigenvalue weighted by molar-refractivity contribution is 7.16. The molecule has 0 aliphatic heterocycles. The largest absolute Gasteiger partial charge is 0.369 e. The van der Waals surface area contributed by atoms with E-state index >= 15 is 0 Å². The summed E-state index contributed by atoms with van der Waals surface area (Å²) in [6.45, 7) is 2.83. The molecule has 0 fully saturated rings. The van der Waals surface area contributed by atoms with Crippen LogP contribution in [0.5, 0.6) is 0 Å². The van der Waals surface area contributed by atoms with Gasteiger partial charge in [0.2, 0.25) is 0 Å². The summed E-state index contributed by atoms with van der Waals surface area (Å²) in [6, 6.07) is 5.35. The van der Waals surface area contributed by atoms with Crippen LogP contribution in [-0.4, -0.2) is 16.5 Å².